The van der Waals surface area contributed by atoms with E-state index in [1.807, 2.05) is 0 Å². The number of nitrogens with one attached hydrogen (secondary N) is 1. The van der Waals surface area contributed by atoms with Gasteiger partial charge in [0, 0.05) is 24.3 Å². The summed E-state index contributed by atoms with van der Waals surface area (Å²) < 4.78 is 5.59. The number of hydrogen-bond acceptors (Lipinski definition) is 4. The van der Waals surface area contributed by atoms with E-state index >= 15 is 0 Å². The molecule has 1 aliphatic heterocycles. The van der Waals surface area contributed by atoms with E-state index in [1.54, 1.807) is 11.3 Å². The van der Waals surface area contributed by atoms with Crippen LogP contribution in [0.25, 0.3) is 0 Å². The number of aromatic nitrogens is 1. The molecule has 0 saturated carbocycles. The van der Waals surface area contributed by atoms with Crippen molar-refractivity contribution in [3.63, 3.8) is 0 Å². The summed E-state index contributed by atoms with van der Waals surface area (Å²) in [5, 5.41) is 7.21. The third-order valence-corrected chi connectivity index (χ3v) is 5.95. The van der Waals surface area contributed by atoms with Gasteiger partial charge in [0.25, 0.3) is 0 Å². The van der Waals surface area contributed by atoms with Crippen LogP contribution in [0, 0.1) is 6.92 Å². The summed E-state index contributed by atoms with van der Waals surface area (Å²) in [5.74, 6) is 0.568. The topological polar surface area (TPSA) is 34.1 Å². The lowest BCUT2D eigenvalue weighted by Gasteiger charge is -2.37. The van der Waals surface area contributed by atoms with Gasteiger partial charge >= 0.3 is 0 Å². The molecule has 3 rings (SSSR count). The highest BCUT2D eigenvalue weighted by Gasteiger charge is 2.36. The average Bonchev–Trinajstić information content (AvgIpc) is 3.03. The molecule has 124 valence electrons. The van der Waals surface area contributed by atoms with E-state index in [0.717, 1.165) is 44.7 Å². The molecule has 1 N–H and O–H groups in total. The lowest BCUT2D eigenvalue weighted by Crippen LogP contribution is -2.47. The smallest absolute Gasteiger partial charge is 0.113 e. The molecule has 1 saturated heterocycles. The maximum Gasteiger partial charge on any atom is 0.113 e. The second-order valence-corrected chi connectivity index (χ2v) is 7.37. The number of nitrogens with zero attached hydrogens (tertiary/aromatic N) is 1. The number of rotatable bonds is 6. The third-order valence-electron chi connectivity index (χ3n) is 4.78. The highest BCUT2D eigenvalue weighted by atomic mass is 32.1. The van der Waals surface area contributed by atoms with Gasteiger partial charge in [-0.25, -0.2) is 4.98 Å². The highest BCUT2D eigenvalue weighted by molar-refractivity contribution is 7.09. The van der Waals surface area contributed by atoms with E-state index in [2.05, 4.69) is 54.9 Å². The van der Waals surface area contributed by atoms with Crippen LogP contribution in [0.15, 0.2) is 35.7 Å². The standard InChI is InChI=1S/C19H26N2OS/c1-15(17-6-4-3-5-7-17)8-11-20-19(9-12-22-13-10-19)18-21-16(2)14-23-18/h3-7,14-15,20H,8-13H2,1-2H3/t15-/m1/s1. The van der Waals surface area contributed by atoms with Crippen LogP contribution in [0.5, 0.6) is 0 Å². The van der Waals surface area contributed by atoms with Gasteiger partial charge in [-0.2, -0.15) is 0 Å². The quantitative estimate of drug-likeness (QED) is 0.860. The van der Waals surface area contributed by atoms with E-state index in [-0.39, 0.29) is 5.54 Å². The Bertz CT molecular complexity index is 605. The SMILES string of the molecule is Cc1csc(C2(NCC[C@@H](C)c3ccccc3)CCOCC2)n1. The fourth-order valence-corrected chi connectivity index (χ4v) is 4.27. The molecule has 0 radical (unpaired) electrons. The van der Waals surface area contributed by atoms with E-state index in [4.69, 9.17) is 9.72 Å². The highest BCUT2D eigenvalue weighted by Crippen LogP contribution is 2.34. The summed E-state index contributed by atoms with van der Waals surface area (Å²) >= 11 is 1.78. The Labute approximate surface area is 143 Å². The van der Waals surface area contributed by atoms with Crippen LogP contribution in [0.3, 0.4) is 0 Å². The average molecular weight is 330 g/mol. The summed E-state index contributed by atoms with van der Waals surface area (Å²) in [6, 6.07) is 10.8. The molecule has 2 heterocycles. The molecule has 4 heteroatoms. The Balaban J connectivity index is 1.63. The fourth-order valence-electron chi connectivity index (χ4n) is 3.24. The molecular formula is C19H26N2OS. The van der Waals surface area contributed by atoms with Crippen molar-refractivity contribution >= 4 is 11.3 Å². The van der Waals surface area contributed by atoms with Gasteiger partial charge in [0.1, 0.15) is 5.01 Å². The number of benzene rings is 1. The minimum atomic E-state index is 0.00752. The van der Waals surface area contributed by atoms with E-state index < -0.39 is 0 Å². The molecule has 0 aliphatic carbocycles. The van der Waals surface area contributed by atoms with Crippen molar-refractivity contribution in [1.29, 1.82) is 0 Å². The van der Waals surface area contributed by atoms with Crippen molar-refractivity contribution in [2.45, 2.75) is 44.6 Å². The summed E-state index contributed by atoms with van der Waals surface area (Å²) in [6.45, 7) is 7.03. The molecule has 3 nitrogen and oxygen atoms in total. The van der Waals surface area contributed by atoms with Crippen LogP contribution >= 0.6 is 11.3 Å². The second kappa shape index (κ2) is 7.56. The normalized spacial score (nSPS) is 18.7. The Morgan fingerprint density at radius 3 is 2.65 bits per heavy atom. The molecule has 1 atom stereocenters. The molecule has 1 aliphatic rings. The van der Waals surface area contributed by atoms with Crippen molar-refractivity contribution in [2.24, 2.45) is 0 Å². The maximum atomic E-state index is 5.59. The van der Waals surface area contributed by atoms with E-state index in [1.165, 1.54) is 10.6 Å². The number of hydrogen-bond donors (Lipinski definition) is 1. The zero-order chi connectivity index (χ0) is 16.1. The summed E-state index contributed by atoms with van der Waals surface area (Å²) in [5.41, 5.74) is 2.55. The summed E-state index contributed by atoms with van der Waals surface area (Å²) in [6.07, 6.45) is 3.16. The number of ether oxygens (including phenoxy) is 1. The van der Waals surface area contributed by atoms with Crippen molar-refractivity contribution in [3.8, 4) is 0 Å². The molecular weight excluding hydrogens is 304 g/mol. The van der Waals surface area contributed by atoms with Gasteiger partial charge in [0.05, 0.1) is 5.54 Å². The van der Waals surface area contributed by atoms with Crippen molar-refractivity contribution < 1.29 is 4.74 Å². The van der Waals surface area contributed by atoms with Crippen molar-refractivity contribution in [2.75, 3.05) is 19.8 Å². The van der Waals surface area contributed by atoms with Gasteiger partial charge in [-0.3, -0.25) is 0 Å². The minimum absolute atomic E-state index is 0.00752. The molecule has 1 fully saturated rings. The molecule has 1 aromatic carbocycles. The van der Waals surface area contributed by atoms with E-state index in [9.17, 15) is 0 Å². The van der Waals surface area contributed by atoms with Gasteiger partial charge < -0.3 is 10.1 Å². The van der Waals surface area contributed by atoms with Gasteiger partial charge in [-0.05, 0) is 44.2 Å². The van der Waals surface area contributed by atoms with Gasteiger partial charge in [-0.1, -0.05) is 37.3 Å². The first-order chi connectivity index (χ1) is 11.2. The van der Waals surface area contributed by atoms with Crippen LogP contribution in [0.2, 0.25) is 0 Å². The van der Waals surface area contributed by atoms with Crippen LogP contribution in [-0.4, -0.2) is 24.7 Å². The lowest BCUT2D eigenvalue weighted by atomic mass is 9.89. The Morgan fingerprint density at radius 2 is 2.00 bits per heavy atom. The lowest BCUT2D eigenvalue weighted by molar-refractivity contribution is 0.0363. The van der Waals surface area contributed by atoms with Crippen LogP contribution in [-0.2, 0) is 10.3 Å². The maximum absolute atomic E-state index is 5.59. The van der Waals surface area contributed by atoms with Crippen LogP contribution in [0.1, 0.15) is 48.4 Å². The number of thiazole rings is 1. The molecule has 0 amide bonds. The first-order valence-corrected chi connectivity index (χ1v) is 9.38. The molecule has 0 bridgehead atoms. The molecule has 0 spiro atoms. The second-order valence-electron chi connectivity index (χ2n) is 6.52. The summed E-state index contributed by atoms with van der Waals surface area (Å²) in [4.78, 5) is 4.76. The number of aryl methyl sites for hydroxylation is 1. The zero-order valence-electron chi connectivity index (χ0n) is 14.0. The molecule has 2 aromatic rings. The minimum Gasteiger partial charge on any atom is -0.381 e. The van der Waals surface area contributed by atoms with Gasteiger partial charge in [0.2, 0.25) is 0 Å². The zero-order valence-corrected chi connectivity index (χ0v) is 14.9. The monoisotopic (exact) mass is 330 g/mol. The fraction of sp³-hybridized carbons (Fsp3) is 0.526. The Morgan fingerprint density at radius 1 is 1.26 bits per heavy atom. The van der Waals surface area contributed by atoms with Crippen molar-refractivity contribution in [1.82, 2.24) is 10.3 Å². The summed E-state index contributed by atoms with van der Waals surface area (Å²) in [7, 11) is 0. The van der Waals surface area contributed by atoms with Crippen LogP contribution in [0.4, 0.5) is 0 Å². The van der Waals surface area contributed by atoms with Crippen molar-refractivity contribution in [3.05, 3.63) is 52.0 Å². The van der Waals surface area contributed by atoms with Crippen LogP contribution < -0.4 is 5.32 Å². The molecule has 0 unspecified atom stereocenters. The predicted octanol–water partition coefficient (Wildman–Crippen LogP) is 4.24. The van der Waals surface area contributed by atoms with E-state index in [0.29, 0.717) is 5.92 Å². The largest absolute Gasteiger partial charge is 0.381 e. The van der Waals surface area contributed by atoms with Gasteiger partial charge in [0.15, 0.2) is 0 Å². The molecule has 23 heavy (non-hydrogen) atoms. The third kappa shape index (κ3) is 4.00. The molecule has 1 aromatic heterocycles. The Hall–Kier alpha value is -1.23. The first kappa shape index (κ1) is 16.6. The first-order valence-electron chi connectivity index (χ1n) is 8.50. The Kier molecular flexibility index (Phi) is 5.46. The van der Waals surface area contributed by atoms with Gasteiger partial charge in [-0.15, -0.1) is 11.3 Å². The predicted molar refractivity (Wildman–Crippen MR) is 96.1 cm³/mol.